The van der Waals surface area contributed by atoms with Crippen LogP contribution < -0.4 is 11.1 Å². The van der Waals surface area contributed by atoms with Crippen molar-refractivity contribution in [1.82, 2.24) is 20.5 Å². The topological polar surface area (TPSA) is 126 Å². The molecule has 0 spiro atoms. The lowest BCUT2D eigenvalue weighted by Crippen LogP contribution is -2.47. The molecule has 3 aliphatic rings. The standard InChI is InChI=1S/C32H35FN6O2/c1-31(2)14-24-26(25(40)15-31)23(10-9-22-8-7-20(16-35-22)19-5-3-6-21(33)13-19)27-28(38-39-29(27)37-24)30(41)36-18-32(17-34)11-4-12-32/h3,5-10,13,16,23,26H,4,11-12,14-15,17-18,34H2,1-2H3,(H,36,41)(H,38,39)/b10-9+. The van der Waals surface area contributed by atoms with Gasteiger partial charge in [0.05, 0.1) is 11.6 Å². The molecule has 212 valence electrons. The molecule has 0 bridgehead atoms. The van der Waals surface area contributed by atoms with Crippen molar-refractivity contribution in [2.45, 2.75) is 51.9 Å². The van der Waals surface area contributed by atoms with E-state index in [1.165, 1.54) is 12.1 Å². The molecule has 1 amide bonds. The van der Waals surface area contributed by atoms with Crippen LogP contribution in [0, 0.1) is 22.6 Å². The summed E-state index contributed by atoms with van der Waals surface area (Å²) < 4.78 is 13.7. The third-order valence-corrected chi connectivity index (χ3v) is 8.86. The number of nitrogens with two attached hydrogens (primary N) is 1. The Bertz CT molecular complexity index is 1540. The Balaban J connectivity index is 1.32. The third kappa shape index (κ3) is 5.26. The molecular weight excluding hydrogens is 519 g/mol. The number of aromatic nitrogens is 3. The fourth-order valence-electron chi connectivity index (χ4n) is 6.40. The highest BCUT2D eigenvalue weighted by atomic mass is 19.1. The lowest BCUT2D eigenvalue weighted by atomic mass is 9.65. The summed E-state index contributed by atoms with van der Waals surface area (Å²) >= 11 is 0. The molecular formula is C32H35FN6O2. The van der Waals surface area contributed by atoms with Gasteiger partial charge in [-0.05, 0) is 66.5 Å². The predicted octanol–water partition coefficient (Wildman–Crippen LogP) is 5.36. The first kappa shape index (κ1) is 27.2. The normalized spacial score (nSPS) is 22.4. The lowest BCUT2D eigenvalue weighted by molar-refractivity contribution is -0.124. The van der Waals surface area contributed by atoms with Gasteiger partial charge in [-0.1, -0.05) is 44.5 Å². The van der Waals surface area contributed by atoms with Crippen LogP contribution in [0.5, 0.6) is 0 Å². The number of carbonyl (C=O) groups excluding carboxylic acids is 2. The van der Waals surface area contributed by atoms with Crippen LogP contribution in [0.15, 0.2) is 53.7 Å². The van der Waals surface area contributed by atoms with E-state index in [4.69, 9.17) is 10.7 Å². The highest BCUT2D eigenvalue weighted by Crippen LogP contribution is 2.47. The van der Waals surface area contributed by atoms with Gasteiger partial charge in [0.1, 0.15) is 17.3 Å². The van der Waals surface area contributed by atoms with Gasteiger partial charge in [0.25, 0.3) is 5.91 Å². The number of amides is 1. The van der Waals surface area contributed by atoms with Crippen molar-refractivity contribution >= 4 is 29.3 Å². The van der Waals surface area contributed by atoms with Crippen molar-refractivity contribution in [3.8, 4) is 11.1 Å². The molecule has 1 aromatic carbocycles. The second-order valence-corrected chi connectivity index (χ2v) is 12.5. The first-order chi connectivity index (χ1) is 19.7. The largest absolute Gasteiger partial charge is 0.350 e. The van der Waals surface area contributed by atoms with Gasteiger partial charge in [-0.2, -0.15) is 5.10 Å². The summed E-state index contributed by atoms with van der Waals surface area (Å²) in [6, 6.07) is 10.1. The Morgan fingerprint density at radius 3 is 2.71 bits per heavy atom. The van der Waals surface area contributed by atoms with Crippen LogP contribution in [0.4, 0.5) is 10.2 Å². The number of aromatic amines is 1. The van der Waals surface area contributed by atoms with Crippen LogP contribution in [0.2, 0.25) is 0 Å². The van der Waals surface area contributed by atoms with Crippen LogP contribution in [-0.2, 0) is 4.79 Å². The summed E-state index contributed by atoms with van der Waals surface area (Å²) in [4.78, 5) is 36.3. The number of aliphatic imine (C=N–C) groups is 1. The maximum Gasteiger partial charge on any atom is 0.269 e. The molecule has 2 aliphatic carbocycles. The van der Waals surface area contributed by atoms with Gasteiger partial charge in [0.2, 0.25) is 0 Å². The number of rotatable bonds is 7. The fourth-order valence-corrected chi connectivity index (χ4v) is 6.40. The zero-order valence-electron chi connectivity index (χ0n) is 23.4. The zero-order valence-corrected chi connectivity index (χ0v) is 23.4. The predicted molar refractivity (Wildman–Crippen MR) is 156 cm³/mol. The van der Waals surface area contributed by atoms with Gasteiger partial charge < -0.3 is 11.1 Å². The van der Waals surface area contributed by atoms with Gasteiger partial charge in [-0.3, -0.25) is 19.7 Å². The minimum Gasteiger partial charge on any atom is -0.350 e. The lowest BCUT2D eigenvalue weighted by Gasteiger charge is -2.41. The van der Waals surface area contributed by atoms with E-state index in [2.05, 4.69) is 34.3 Å². The number of H-pyrrole nitrogens is 1. The van der Waals surface area contributed by atoms with E-state index in [9.17, 15) is 14.0 Å². The average Bonchev–Trinajstić information content (AvgIpc) is 3.34. The van der Waals surface area contributed by atoms with Crippen molar-refractivity contribution in [1.29, 1.82) is 0 Å². The zero-order chi connectivity index (χ0) is 28.8. The summed E-state index contributed by atoms with van der Waals surface area (Å²) in [6.07, 6.45) is 9.75. The smallest absolute Gasteiger partial charge is 0.269 e. The van der Waals surface area contributed by atoms with Crippen LogP contribution in [0.3, 0.4) is 0 Å². The molecule has 2 aromatic heterocycles. The number of nitrogens with one attached hydrogen (secondary N) is 2. The van der Waals surface area contributed by atoms with Crippen LogP contribution in [-0.4, -0.2) is 45.7 Å². The molecule has 0 saturated heterocycles. The molecule has 2 unspecified atom stereocenters. The third-order valence-electron chi connectivity index (χ3n) is 8.86. The highest BCUT2D eigenvalue weighted by Gasteiger charge is 2.46. The van der Waals surface area contributed by atoms with Gasteiger partial charge in [-0.15, -0.1) is 0 Å². The minimum atomic E-state index is -0.468. The van der Waals surface area contributed by atoms with Crippen molar-refractivity contribution in [3.63, 3.8) is 0 Å². The Labute approximate surface area is 238 Å². The molecule has 6 rings (SSSR count). The van der Waals surface area contributed by atoms with Crippen molar-refractivity contribution < 1.29 is 14.0 Å². The summed E-state index contributed by atoms with van der Waals surface area (Å²) in [6.45, 7) is 5.19. The molecule has 0 radical (unpaired) electrons. The monoisotopic (exact) mass is 554 g/mol. The SMILES string of the molecule is CC1(C)CC(=O)C2C(=Nc3n[nH]c(C(=O)NCC4(CN)CCC4)c3C2/C=C/c2ccc(-c3cccc(F)c3)cn2)C1. The second kappa shape index (κ2) is 10.4. The van der Waals surface area contributed by atoms with Crippen LogP contribution in [0.25, 0.3) is 17.2 Å². The fraction of sp³-hybridized carbons (Fsp3) is 0.406. The summed E-state index contributed by atoms with van der Waals surface area (Å²) in [7, 11) is 0. The Morgan fingerprint density at radius 2 is 2.02 bits per heavy atom. The van der Waals surface area contributed by atoms with E-state index in [-0.39, 0.29) is 28.3 Å². The molecule has 1 aliphatic heterocycles. The maximum atomic E-state index is 13.7. The molecule has 4 N–H and O–H groups in total. The Hall–Kier alpha value is -3.98. The molecule has 41 heavy (non-hydrogen) atoms. The highest BCUT2D eigenvalue weighted by molar-refractivity contribution is 6.11. The molecule has 2 saturated carbocycles. The quantitative estimate of drug-likeness (QED) is 0.363. The number of allylic oxidation sites excluding steroid dienone is 1. The Kier molecular flexibility index (Phi) is 6.93. The van der Waals surface area contributed by atoms with Crippen molar-refractivity contribution in [2.24, 2.45) is 27.5 Å². The van der Waals surface area contributed by atoms with Crippen molar-refractivity contribution in [2.75, 3.05) is 13.1 Å². The van der Waals surface area contributed by atoms with E-state index in [1.807, 2.05) is 30.4 Å². The minimum absolute atomic E-state index is 0.0470. The second-order valence-electron chi connectivity index (χ2n) is 12.5. The van der Waals surface area contributed by atoms with E-state index >= 15 is 0 Å². The van der Waals surface area contributed by atoms with E-state index in [1.54, 1.807) is 12.3 Å². The van der Waals surface area contributed by atoms with Gasteiger partial charge in [0, 0.05) is 41.9 Å². The van der Waals surface area contributed by atoms with Gasteiger partial charge in [-0.25, -0.2) is 9.38 Å². The summed E-state index contributed by atoms with van der Waals surface area (Å²) in [5.74, 6) is -0.895. The number of halogens is 1. The number of ketones is 1. The first-order valence-electron chi connectivity index (χ1n) is 14.2. The molecule has 2 atom stereocenters. The number of pyridine rings is 1. The molecule has 9 heteroatoms. The molecule has 8 nitrogen and oxygen atoms in total. The van der Waals surface area contributed by atoms with Crippen LogP contribution in [0.1, 0.15) is 73.6 Å². The number of benzene rings is 1. The average molecular weight is 555 g/mol. The maximum absolute atomic E-state index is 13.7. The van der Waals surface area contributed by atoms with Gasteiger partial charge in [0.15, 0.2) is 5.82 Å². The number of carbonyl (C=O) groups is 2. The summed E-state index contributed by atoms with van der Waals surface area (Å²) in [5.41, 5.74) is 9.76. The molecule has 3 heterocycles. The van der Waals surface area contributed by atoms with Gasteiger partial charge >= 0.3 is 0 Å². The number of hydrogen-bond donors (Lipinski definition) is 3. The number of nitrogens with zero attached hydrogens (tertiary/aromatic N) is 3. The summed E-state index contributed by atoms with van der Waals surface area (Å²) in [5, 5.41) is 10.4. The van der Waals surface area contributed by atoms with Crippen molar-refractivity contribution in [3.05, 3.63) is 71.4 Å². The number of fused-ring (bicyclic) bond motifs is 2. The van der Waals surface area contributed by atoms with E-state index < -0.39 is 11.8 Å². The Morgan fingerprint density at radius 1 is 1.20 bits per heavy atom. The van der Waals surface area contributed by atoms with E-state index in [0.29, 0.717) is 48.7 Å². The molecule has 2 fully saturated rings. The van der Waals surface area contributed by atoms with Crippen LogP contribution >= 0.6 is 0 Å². The number of Topliss-reactive ketones (excluding diaryl/α,β-unsaturated/α-hetero) is 1. The first-order valence-corrected chi connectivity index (χ1v) is 14.2. The van der Waals surface area contributed by atoms with E-state index in [0.717, 1.165) is 36.1 Å². The molecule has 3 aromatic rings. The number of hydrogen-bond acceptors (Lipinski definition) is 6.